The first-order valence-electron chi connectivity index (χ1n) is 6.78. The number of nitrogens with two attached hydrogens (primary N) is 1. The van der Waals surface area contributed by atoms with Crippen molar-refractivity contribution in [1.82, 2.24) is 4.90 Å². The van der Waals surface area contributed by atoms with Crippen LogP contribution in [-0.4, -0.2) is 43.9 Å². The van der Waals surface area contributed by atoms with Crippen molar-refractivity contribution in [3.05, 3.63) is 29.8 Å². The van der Waals surface area contributed by atoms with Gasteiger partial charge in [0.2, 0.25) is 0 Å². The molecule has 0 aromatic heterocycles. The Labute approximate surface area is 115 Å². The predicted octanol–water partition coefficient (Wildman–Crippen LogP) is 1.63. The molecule has 19 heavy (non-hydrogen) atoms. The van der Waals surface area contributed by atoms with Gasteiger partial charge in [0.1, 0.15) is 5.75 Å². The molecule has 106 valence electrons. The lowest BCUT2D eigenvalue weighted by Crippen LogP contribution is -2.56. The zero-order chi connectivity index (χ0) is 13.9. The molecule has 1 aliphatic heterocycles. The summed E-state index contributed by atoms with van der Waals surface area (Å²) in [5.41, 5.74) is 7.20. The van der Waals surface area contributed by atoms with Crippen LogP contribution < -0.4 is 10.5 Å². The van der Waals surface area contributed by atoms with Gasteiger partial charge in [-0.05, 0) is 38.1 Å². The van der Waals surface area contributed by atoms with Crippen LogP contribution in [0.4, 0.5) is 0 Å². The van der Waals surface area contributed by atoms with Gasteiger partial charge in [0.05, 0.1) is 18.8 Å². The van der Waals surface area contributed by atoms with E-state index in [0.717, 1.165) is 25.3 Å². The summed E-state index contributed by atoms with van der Waals surface area (Å²) in [5, 5.41) is 0. The molecule has 4 heteroatoms. The van der Waals surface area contributed by atoms with Gasteiger partial charge >= 0.3 is 0 Å². The highest BCUT2D eigenvalue weighted by atomic mass is 16.5. The average Bonchev–Trinajstić information content (AvgIpc) is 2.81. The fourth-order valence-corrected chi connectivity index (χ4v) is 2.90. The first kappa shape index (κ1) is 14.3. The van der Waals surface area contributed by atoms with Crippen molar-refractivity contribution in [2.45, 2.75) is 31.5 Å². The Balaban J connectivity index is 2.13. The second-order valence-corrected chi connectivity index (χ2v) is 5.28. The van der Waals surface area contributed by atoms with Crippen molar-refractivity contribution >= 4 is 0 Å². The van der Waals surface area contributed by atoms with E-state index in [9.17, 15) is 0 Å². The van der Waals surface area contributed by atoms with Gasteiger partial charge in [-0.3, -0.25) is 4.90 Å². The number of likely N-dealkylation sites (N-methyl/N-ethyl adjacent to an activating group) is 1. The second-order valence-electron chi connectivity index (χ2n) is 5.28. The van der Waals surface area contributed by atoms with Crippen LogP contribution in [0.1, 0.15) is 18.9 Å². The smallest absolute Gasteiger partial charge is 0.119 e. The zero-order valence-electron chi connectivity index (χ0n) is 12.1. The molecule has 2 atom stereocenters. The summed E-state index contributed by atoms with van der Waals surface area (Å²) in [6.45, 7) is 4.37. The van der Waals surface area contributed by atoms with Crippen molar-refractivity contribution in [2.24, 2.45) is 5.73 Å². The molecule has 4 nitrogen and oxygen atoms in total. The van der Waals surface area contributed by atoms with E-state index >= 15 is 0 Å². The van der Waals surface area contributed by atoms with Crippen LogP contribution in [0.25, 0.3) is 0 Å². The van der Waals surface area contributed by atoms with E-state index in [1.165, 1.54) is 5.56 Å². The van der Waals surface area contributed by atoms with Gasteiger partial charge in [-0.1, -0.05) is 12.1 Å². The lowest BCUT2D eigenvalue weighted by atomic mass is 9.90. The molecule has 2 rings (SSSR count). The van der Waals surface area contributed by atoms with E-state index in [-0.39, 0.29) is 11.6 Å². The van der Waals surface area contributed by atoms with E-state index < -0.39 is 0 Å². The number of nitrogens with zero attached hydrogens (tertiary/aromatic N) is 1. The fourth-order valence-electron chi connectivity index (χ4n) is 2.90. The molecule has 1 fully saturated rings. The minimum absolute atomic E-state index is 0.0525. The summed E-state index contributed by atoms with van der Waals surface area (Å²) in [5.74, 6) is 0.892. The Morgan fingerprint density at radius 1 is 1.53 bits per heavy atom. The van der Waals surface area contributed by atoms with Crippen LogP contribution >= 0.6 is 0 Å². The minimum Gasteiger partial charge on any atom is -0.497 e. The van der Waals surface area contributed by atoms with Gasteiger partial charge in [-0.25, -0.2) is 0 Å². The van der Waals surface area contributed by atoms with Gasteiger partial charge < -0.3 is 15.2 Å². The predicted molar refractivity (Wildman–Crippen MR) is 76.3 cm³/mol. The maximum absolute atomic E-state index is 6.02. The Bertz CT molecular complexity index is 424. The highest BCUT2D eigenvalue weighted by molar-refractivity contribution is 5.28. The minimum atomic E-state index is -0.0525. The topological polar surface area (TPSA) is 47.7 Å². The molecule has 1 aliphatic rings. The summed E-state index contributed by atoms with van der Waals surface area (Å²) in [7, 11) is 3.81. The summed E-state index contributed by atoms with van der Waals surface area (Å²) < 4.78 is 11.0. The number of benzene rings is 1. The quantitative estimate of drug-likeness (QED) is 0.878. The molecule has 1 aromatic carbocycles. The maximum atomic E-state index is 6.02. The third kappa shape index (κ3) is 2.76. The molecule has 1 aromatic rings. The summed E-state index contributed by atoms with van der Waals surface area (Å²) in [4.78, 5) is 2.32. The van der Waals surface area contributed by atoms with Gasteiger partial charge in [0, 0.05) is 19.7 Å². The molecule has 2 N–H and O–H groups in total. The van der Waals surface area contributed by atoms with Crippen LogP contribution in [0.15, 0.2) is 24.3 Å². The number of rotatable bonds is 5. The molecule has 2 unspecified atom stereocenters. The van der Waals surface area contributed by atoms with Gasteiger partial charge in [-0.15, -0.1) is 0 Å². The normalized spacial score (nSPS) is 26.9. The van der Waals surface area contributed by atoms with Crippen molar-refractivity contribution in [3.63, 3.8) is 0 Å². The third-order valence-corrected chi connectivity index (χ3v) is 4.33. The Morgan fingerprint density at radius 2 is 2.32 bits per heavy atom. The number of ether oxygens (including phenoxy) is 2. The lowest BCUT2D eigenvalue weighted by molar-refractivity contribution is 0.0245. The highest BCUT2D eigenvalue weighted by Crippen LogP contribution is 2.31. The third-order valence-electron chi connectivity index (χ3n) is 4.33. The van der Waals surface area contributed by atoms with Crippen molar-refractivity contribution in [2.75, 3.05) is 27.3 Å². The van der Waals surface area contributed by atoms with E-state index in [0.29, 0.717) is 6.54 Å². The van der Waals surface area contributed by atoms with Crippen molar-refractivity contribution in [3.8, 4) is 5.75 Å². The standard InChI is InChI=1S/C15H24N2O2/c1-12-15(11-16,7-8-19-12)17(2)10-13-5-4-6-14(9-13)18-3/h4-6,9,12H,7-8,10-11,16H2,1-3H3. The van der Waals surface area contributed by atoms with E-state index in [2.05, 4.69) is 31.0 Å². The zero-order valence-corrected chi connectivity index (χ0v) is 12.1. The number of methoxy groups -OCH3 is 1. The highest BCUT2D eigenvalue weighted by Gasteiger charge is 2.43. The molecule has 0 saturated carbocycles. The first-order chi connectivity index (χ1) is 9.12. The largest absolute Gasteiger partial charge is 0.497 e. The Hall–Kier alpha value is -1.10. The van der Waals surface area contributed by atoms with E-state index in [4.69, 9.17) is 15.2 Å². The van der Waals surface area contributed by atoms with E-state index in [1.54, 1.807) is 7.11 Å². The van der Waals surface area contributed by atoms with Crippen LogP contribution in [0.2, 0.25) is 0 Å². The van der Waals surface area contributed by atoms with Crippen LogP contribution in [0, 0.1) is 0 Å². The molecular formula is C15H24N2O2. The molecular weight excluding hydrogens is 240 g/mol. The second kappa shape index (κ2) is 5.90. The van der Waals surface area contributed by atoms with Gasteiger partial charge in [0.15, 0.2) is 0 Å². The van der Waals surface area contributed by atoms with Crippen LogP contribution in [0.5, 0.6) is 5.75 Å². The maximum Gasteiger partial charge on any atom is 0.119 e. The fraction of sp³-hybridized carbons (Fsp3) is 0.600. The van der Waals surface area contributed by atoms with Crippen molar-refractivity contribution in [1.29, 1.82) is 0 Å². The Kier molecular flexibility index (Phi) is 4.45. The lowest BCUT2D eigenvalue weighted by Gasteiger charge is -2.40. The summed E-state index contributed by atoms with van der Waals surface area (Å²) >= 11 is 0. The Morgan fingerprint density at radius 3 is 2.89 bits per heavy atom. The summed E-state index contributed by atoms with van der Waals surface area (Å²) in [6.07, 6.45) is 1.17. The average molecular weight is 264 g/mol. The SMILES string of the molecule is COc1cccc(CN(C)C2(CN)CCOC2C)c1. The molecule has 1 heterocycles. The van der Waals surface area contributed by atoms with Gasteiger partial charge in [0.25, 0.3) is 0 Å². The first-order valence-corrected chi connectivity index (χ1v) is 6.78. The monoisotopic (exact) mass is 264 g/mol. The van der Waals surface area contributed by atoms with Crippen molar-refractivity contribution < 1.29 is 9.47 Å². The molecule has 0 bridgehead atoms. The molecule has 0 spiro atoms. The molecule has 0 radical (unpaired) electrons. The van der Waals surface area contributed by atoms with Crippen LogP contribution in [-0.2, 0) is 11.3 Å². The van der Waals surface area contributed by atoms with Gasteiger partial charge in [-0.2, -0.15) is 0 Å². The molecule has 0 aliphatic carbocycles. The van der Waals surface area contributed by atoms with E-state index in [1.807, 2.05) is 12.1 Å². The molecule has 0 amide bonds. The van der Waals surface area contributed by atoms with Crippen LogP contribution in [0.3, 0.4) is 0 Å². The number of hydrogen-bond acceptors (Lipinski definition) is 4. The number of hydrogen-bond donors (Lipinski definition) is 1. The summed E-state index contributed by atoms with van der Waals surface area (Å²) in [6, 6.07) is 8.17. The molecule has 1 saturated heterocycles.